The molecule has 0 radical (unpaired) electrons. The van der Waals surface area contributed by atoms with Crippen molar-refractivity contribution in [3.8, 4) is 5.75 Å². The number of anilines is 1. The summed E-state index contributed by atoms with van der Waals surface area (Å²) in [5.74, 6) is 1.30. The Morgan fingerprint density at radius 1 is 0.967 bits per heavy atom. The SMILES string of the molecule is Oc1ccc(N2CCN([C@H](c3cccs3)c3nnnn3C3CCCCC3)CC2)cc1. The van der Waals surface area contributed by atoms with Gasteiger partial charge in [0.2, 0.25) is 0 Å². The van der Waals surface area contributed by atoms with E-state index in [0.717, 1.165) is 37.7 Å². The summed E-state index contributed by atoms with van der Waals surface area (Å²) < 4.78 is 2.12. The van der Waals surface area contributed by atoms with Gasteiger partial charge in [0.1, 0.15) is 11.8 Å². The monoisotopic (exact) mass is 424 g/mol. The lowest BCUT2D eigenvalue weighted by atomic mass is 9.95. The Morgan fingerprint density at radius 2 is 1.73 bits per heavy atom. The number of nitrogens with zero attached hydrogens (tertiary/aromatic N) is 6. The molecular weight excluding hydrogens is 396 g/mol. The van der Waals surface area contributed by atoms with E-state index in [9.17, 15) is 5.11 Å². The maximum atomic E-state index is 9.57. The quantitative estimate of drug-likeness (QED) is 0.671. The van der Waals surface area contributed by atoms with Crippen LogP contribution >= 0.6 is 11.3 Å². The van der Waals surface area contributed by atoms with Crippen molar-refractivity contribution in [2.45, 2.75) is 44.2 Å². The highest BCUT2D eigenvalue weighted by Crippen LogP contribution is 2.35. The van der Waals surface area contributed by atoms with E-state index in [2.05, 4.69) is 47.5 Å². The fraction of sp³-hybridized carbons (Fsp3) is 0.500. The highest BCUT2D eigenvalue weighted by Gasteiger charge is 2.33. The fourth-order valence-electron chi connectivity index (χ4n) is 4.79. The van der Waals surface area contributed by atoms with E-state index < -0.39 is 0 Å². The Kier molecular flexibility index (Phi) is 5.68. The summed E-state index contributed by atoms with van der Waals surface area (Å²) in [6.07, 6.45) is 6.19. The molecule has 158 valence electrons. The fourth-order valence-corrected chi connectivity index (χ4v) is 5.64. The maximum absolute atomic E-state index is 9.57. The zero-order chi connectivity index (χ0) is 20.3. The second kappa shape index (κ2) is 8.73. The molecule has 3 aromatic rings. The topological polar surface area (TPSA) is 70.3 Å². The van der Waals surface area contributed by atoms with E-state index in [1.807, 2.05) is 12.1 Å². The van der Waals surface area contributed by atoms with Crippen LogP contribution in [0.3, 0.4) is 0 Å². The summed E-state index contributed by atoms with van der Waals surface area (Å²) in [6, 6.07) is 12.4. The summed E-state index contributed by atoms with van der Waals surface area (Å²) in [4.78, 5) is 6.21. The zero-order valence-corrected chi connectivity index (χ0v) is 17.9. The number of phenolic OH excluding ortho intramolecular Hbond substituents is 1. The van der Waals surface area contributed by atoms with Gasteiger partial charge >= 0.3 is 0 Å². The average molecular weight is 425 g/mol. The first kappa shape index (κ1) is 19.5. The number of phenols is 1. The van der Waals surface area contributed by atoms with Gasteiger partial charge in [0.25, 0.3) is 0 Å². The molecule has 0 unspecified atom stereocenters. The van der Waals surface area contributed by atoms with Crippen LogP contribution in [-0.2, 0) is 0 Å². The number of thiophene rings is 1. The normalized spacial score (nSPS) is 19.8. The Balaban J connectivity index is 1.38. The van der Waals surface area contributed by atoms with E-state index in [1.165, 1.54) is 37.0 Å². The third kappa shape index (κ3) is 3.94. The van der Waals surface area contributed by atoms with Crippen molar-refractivity contribution in [1.29, 1.82) is 0 Å². The van der Waals surface area contributed by atoms with Gasteiger partial charge in [-0.1, -0.05) is 25.3 Å². The number of hydrogen-bond donors (Lipinski definition) is 1. The molecule has 1 atom stereocenters. The summed E-state index contributed by atoms with van der Waals surface area (Å²) in [5, 5.41) is 24.8. The molecule has 0 spiro atoms. The minimum Gasteiger partial charge on any atom is -0.508 e. The molecule has 0 amide bonds. The minimum atomic E-state index is 0.101. The van der Waals surface area contributed by atoms with Gasteiger partial charge in [0.15, 0.2) is 5.82 Å². The number of hydrogen-bond acceptors (Lipinski definition) is 7. The molecule has 1 N–H and O–H groups in total. The zero-order valence-electron chi connectivity index (χ0n) is 17.1. The summed E-state index contributed by atoms with van der Waals surface area (Å²) in [7, 11) is 0. The molecule has 2 fully saturated rings. The minimum absolute atomic E-state index is 0.101. The molecule has 5 rings (SSSR count). The van der Waals surface area contributed by atoms with Crippen molar-refractivity contribution in [1.82, 2.24) is 25.1 Å². The molecule has 8 heteroatoms. The molecule has 1 saturated carbocycles. The second-order valence-corrected chi connectivity index (χ2v) is 9.21. The third-order valence-corrected chi connectivity index (χ3v) is 7.32. The highest BCUT2D eigenvalue weighted by molar-refractivity contribution is 7.10. The van der Waals surface area contributed by atoms with E-state index >= 15 is 0 Å². The van der Waals surface area contributed by atoms with E-state index in [1.54, 1.807) is 23.5 Å². The van der Waals surface area contributed by atoms with Crippen LogP contribution in [-0.4, -0.2) is 56.4 Å². The van der Waals surface area contributed by atoms with Crippen LogP contribution < -0.4 is 4.90 Å². The van der Waals surface area contributed by atoms with E-state index in [4.69, 9.17) is 0 Å². The number of tetrazole rings is 1. The van der Waals surface area contributed by atoms with Crippen LogP contribution in [0.25, 0.3) is 0 Å². The lowest BCUT2D eigenvalue weighted by molar-refractivity contribution is 0.196. The number of aromatic hydroxyl groups is 1. The van der Waals surface area contributed by atoms with Gasteiger partial charge in [0, 0.05) is 36.7 Å². The van der Waals surface area contributed by atoms with Crippen LogP contribution in [0, 0.1) is 0 Å². The van der Waals surface area contributed by atoms with Crippen molar-refractivity contribution < 1.29 is 5.11 Å². The maximum Gasteiger partial charge on any atom is 0.174 e. The Labute approximate surface area is 180 Å². The standard InChI is InChI=1S/C22H28N6OS/c29-19-10-8-17(9-11-19)26-12-14-27(15-13-26)21(20-7-4-16-30-20)22-23-24-25-28(22)18-5-2-1-3-6-18/h4,7-11,16,18,21,29H,1-3,5-6,12-15H2/t21-/m1/s1. The summed E-state index contributed by atoms with van der Waals surface area (Å²) in [6.45, 7) is 3.78. The Bertz CT molecular complexity index is 927. The summed E-state index contributed by atoms with van der Waals surface area (Å²) in [5.41, 5.74) is 1.16. The van der Waals surface area contributed by atoms with Crippen LogP contribution in [0.15, 0.2) is 41.8 Å². The lowest BCUT2D eigenvalue weighted by Crippen LogP contribution is -2.48. The van der Waals surface area contributed by atoms with Crippen LogP contribution in [0.5, 0.6) is 5.75 Å². The van der Waals surface area contributed by atoms with Crippen LogP contribution in [0.1, 0.15) is 54.9 Å². The van der Waals surface area contributed by atoms with Crippen LogP contribution in [0.2, 0.25) is 0 Å². The van der Waals surface area contributed by atoms with E-state index in [0.29, 0.717) is 11.8 Å². The predicted molar refractivity (Wildman–Crippen MR) is 118 cm³/mol. The van der Waals surface area contributed by atoms with Gasteiger partial charge < -0.3 is 10.0 Å². The Hall–Kier alpha value is -2.45. The Morgan fingerprint density at radius 3 is 2.43 bits per heavy atom. The first-order valence-electron chi connectivity index (χ1n) is 10.9. The van der Waals surface area contributed by atoms with Crippen LogP contribution in [0.4, 0.5) is 5.69 Å². The smallest absolute Gasteiger partial charge is 0.174 e. The molecule has 1 aliphatic heterocycles. The number of benzene rings is 1. The third-order valence-electron chi connectivity index (χ3n) is 6.39. The second-order valence-electron chi connectivity index (χ2n) is 8.23. The molecule has 7 nitrogen and oxygen atoms in total. The van der Waals surface area contributed by atoms with Gasteiger partial charge in [-0.3, -0.25) is 4.90 Å². The summed E-state index contributed by atoms with van der Waals surface area (Å²) >= 11 is 1.79. The molecule has 1 saturated heterocycles. The molecule has 3 heterocycles. The highest BCUT2D eigenvalue weighted by atomic mass is 32.1. The lowest BCUT2D eigenvalue weighted by Gasteiger charge is -2.39. The van der Waals surface area contributed by atoms with Crippen molar-refractivity contribution in [3.05, 3.63) is 52.5 Å². The predicted octanol–water partition coefficient (Wildman–Crippen LogP) is 3.86. The van der Waals surface area contributed by atoms with Crippen molar-refractivity contribution in [3.63, 3.8) is 0 Å². The average Bonchev–Trinajstić information content (AvgIpc) is 3.49. The van der Waals surface area contributed by atoms with E-state index in [-0.39, 0.29) is 6.04 Å². The van der Waals surface area contributed by atoms with Crippen molar-refractivity contribution in [2.75, 3.05) is 31.1 Å². The van der Waals surface area contributed by atoms with Gasteiger partial charge in [-0.15, -0.1) is 16.4 Å². The molecule has 2 aromatic heterocycles. The number of piperazine rings is 1. The molecular formula is C22H28N6OS. The largest absolute Gasteiger partial charge is 0.508 e. The number of aromatic nitrogens is 4. The molecule has 2 aliphatic rings. The molecule has 1 aliphatic carbocycles. The molecule has 1 aromatic carbocycles. The molecule has 0 bridgehead atoms. The first-order valence-corrected chi connectivity index (χ1v) is 11.8. The van der Waals surface area contributed by atoms with Crippen molar-refractivity contribution in [2.24, 2.45) is 0 Å². The molecule has 30 heavy (non-hydrogen) atoms. The first-order chi connectivity index (χ1) is 14.8. The van der Waals surface area contributed by atoms with Gasteiger partial charge in [-0.2, -0.15) is 0 Å². The number of rotatable bonds is 5. The van der Waals surface area contributed by atoms with Gasteiger partial charge in [0.05, 0.1) is 6.04 Å². The van der Waals surface area contributed by atoms with Crippen molar-refractivity contribution >= 4 is 17.0 Å². The van der Waals surface area contributed by atoms with Gasteiger partial charge in [-0.25, -0.2) is 4.68 Å². The van der Waals surface area contributed by atoms with Gasteiger partial charge in [-0.05, 0) is 59.0 Å².